The molecule has 0 aromatic carbocycles. The first-order chi connectivity index (χ1) is 7.52. The Balaban J connectivity index is 2.82. The second-order valence-corrected chi connectivity index (χ2v) is 6.93. The van der Waals surface area contributed by atoms with E-state index in [0.29, 0.717) is 13.1 Å². The van der Waals surface area contributed by atoms with E-state index in [1.165, 1.54) is 22.6 Å². The maximum atomic E-state index is 12.0. The van der Waals surface area contributed by atoms with Crippen LogP contribution in [0.4, 0.5) is 0 Å². The maximum absolute atomic E-state index is 12.0. The van der Waals surface area contributed by atoms with E-state index in [9.17, 15) is 8.42 Å². The standard InChI is InChI=1S/C10H17NO3S2/c1-3-11(7-10-5-4-6-15-10)16(13,14)9(2)8-12/h4-6,9,12H,3,7-8H2,1-2H3. The second kappa shape index (κ2) is 5.77. The molecule has 0 fully saturated rings. The van der Waals surface area contributed by atoms with Crippen molar-refractivity contribution in [2.24, 2.45) is 0 Å². The van der Waals surface area contributed by atoms with E-state index in [-0.39, 0.29) is 6.61 Å². The summed E-state index contributed by atoms with van der Waals surface area (Å²) in [7, 11) is -3.39. The summed E-state index contributed by atoms with van der Waals surface area (Å²) in [5, 5.41) is 10.1. The molecule has 0 aliphatic heterocycles. The minimum atomic E-state index is -3.39. The van der Waals surface area contributed by atoms with Crippen LogP contribution >= 0.6 is 11.3 Å². The number of nitrogens with zero attached hydrogens (tertiary/aromatic N) is 1. The Labute approximate surface area is 101 Å². The van der Waals surface area contributed by atoms with Crippen LogP contribution in [0.25, 0.3) is 0 Å². The van der Waals surface area contributed by atoms with Gasteiger partial charge in [0.1, 0.15) is 0 Å². The summed E-state index contributed by atoms with van der Waals surface area (Å²) in [6.07, 6.45) is 0. The lowest BCUT2D eigenvalue weighted by molar-refractivity contribution is 0.289. The SMILES string of the molecule is CCN(Cc1cccs1)S(=O)(=O)C(C)CO. The normalized spacial score (nSPS) is 14.2. The van der Waals surface area contributed by atoms with E-state index < -0.39 is 15.3 Å². The largest absolute Gasteiger partial charge is 0.395 e. The van der Waals surface area contributed by atoms with Gasteiger partial charge in [0, 0.05) is 18.0 Å². The first-order valence-corrected chi connectivity index (χ1v) is 7.52. The summed E-state index contributed by atoms with van der Waals surface area (Å²) in [5.74, 6) is 0. The maximum Gasteiger partial charge on any atom is 0.219 e. The second-order valence-electron chi connectivity index (χ2n) is 3.54. The minimum absolute atomic E-state index is 0.344. The van der Waals surface area contributed by atoms with Crippen molar-refractivity contribution in [2.75, 3.05) is 13.2 Å². The molecular formula is C10H17NO3S2. The summed E-state index contributed by atoms with van der Waals surface area (Å²) >= 11 is 1.53. The summed E-state index contributed by atoms with van der Waals surface area (Å²) in [6.45, 7) is 3.79. The molecule has 92 valence electrons. The van der Waals surface area contributed by atoms with Crippen molar-refractivity contribution >= 4 is 21.4 Å². The predicted molar refractivity (Wildman–Crippen MR) is 65.9 cm³/mol. The molecule has 0 spiro atoms. The number of aliphatic hydroxyl groups is 1. The molecule has 1 unspecified atom stereocenters. The monoisotopic (exact) mass is 263 g/mol. The highest BCUT2D eigenvalue weighted by atomic mass is 32.2. The van der Waals surface area contributed by atoms with Crippen LogP contribution in [0.3, 0.4) is 0 Å². The van der Waals surface area contributed by atoms with Gasteiger partial charge in [-0.15, -0.1) is 11.3 Å². The third-order valence-corrected chi connectivity index (χ3v) is 5.52. The fourth-order valence-electron chi connectivity index (χ4n) is 1.31. The zero-order valence-electron chi connectivity index (χ0n) is 9.46. The summed E-state index contributed by atoms with van der Waals surface area (Å²) in [5.41, 5.74) is 0. The molecular weight excluding hydrogens is 246 g/mol. The van der Waals surface area contributed by atoms with Crippen molar-refractivity contribution in [3.63, 3.8) is 0 Å². The van der Waals surface area contributed by atoms with E-state index in [1.54, 1.807) is 6.92 Å². The van der Waals surface area contributed by atoms with E-state index in [1.807, 2.05) is 17.5 Å². The van der Waals surface area contributed by atoms with Crippen LogP contribution in [0, 0.1) is 0 Å². The molecule has 6 heteroatoms. The molecule has 1 atom stereocenters. The first kappa shape index (κ1) is 13.6. The van der Waals surface area contributed by atoms with E-state index in [0.717, 1.165) is 4.88 Å². The number of hydrogen-bond acceptors (Lipinski definition) is 4. The lowest BCUT2D eigenvalue weighted by Crippen LogP contribution is -2.38. The zero-order valence-corrected chi connectivity index (χ0v) is 11.1. The van der Waals surface area contributed by atoms with Crippen molar-refractivity contribution in [2.45, 2.75) is 25.6 Å². The van der Waals surface area contributed by atoms with Crippen molar-refractivity contribution in [3.05, 3.63) is 22.4 Å². The fraction of sp³-hybridized carbons (Fsp3) is 0.600. The Morgan fingerprint density at radius 2 is 2.25 bits per heavy atom. The van der Waals surface area contributed by atoms with Gasteiger partial charge in [-0.25, -0.2) is 8.42 Å². The van der Waals surface area contributed by atoms with Crippen LogP contribution in [-0.4, -0.2) is 36.2 Å². The third kappa shape index (κ3) is 3.04. The highest BCUT2D eigenvalue weighted by Crippen LogP contribution is 2.16. The quantitative estimate of drug-likeness (QED) is 0.841. The average molecular weight is 263 g/mol. The van der Waals surface area contributed by atoms with E-state index in [2.05, 4.69) is 0 Å². The van der Waals surface area contributed by atoms with Crippen molar-refractivity contribution < 1.29 is 13.5 Å². The van der Waals surface area contributed by atoms with E-state index in [4.69, 9.17) is 5.11 Å². The predicted octanol–water partition coefficient (Wildman–Crippen LogP) is 1.28. The Kier molecular flexibility index (Phi) is 4.91. The Bertz CT molecular complexity index is 400. The number of sulfonamides is 1. The van der Waals surface area contributed by atoms with Crippen LogP contribution in [0.5, 0.6) is 0 Å². The van der Waals surface area contributed by atoms with Crippen LogP contribution in [0.15, 0.2) is 17.5 Å². The van der Waals surface area contributed by atoms with E-state index >= 15 is 0 Å². The lowest BCUT2D eigenvalue weighted by atomic mass is 10.4. The molecule has 0 amide bonds. The molecule has 1 rings (SSSR count). The van der Waals surface area contributed by atoms with Gasteiger partial charge in [-0.2, -0.15) is 4.31 Å². The van der Waals surface area contributed by atoms with Crippen LogP contribution < -0.4 is 0 Å². The molecule has 16 heavy (non-hydrogen) atoms. The van der Waals surface area contributed by atoms with Gasteiger partial charge in [0.25, 0.3) is 0 Å². The molecule has 4 nitrogen and oxygen atoms in total. The zero-order chi connectivity index (χ0) is 12.2. The first-order valence-electron chi connectivity index (χ1n) is 5.14. The molecule has 0 aliphatic carbocycles. The highest BCUT2D eigenvalue weighted by molar-refractivity contribution is 7.89. The molecule has 0 saturated heterocycles. The fourth-order valence-corrected chi connectivity index (χ4v) is 3.48. The van der Waals surface area contributed by atoms with Crippen LogP contribution in [-0.2, 0) is 16.6 Å². The van der Waals surface area contributed by atoms with Gasteiger partial charge in [0.05, 0.1) is 11.9 Å². The molecule has 1 heterocycles. The van der Waals surface area contributed by atoms with Crippen molar-refractivity contribution in [1.29, 1.82) is 0 Å². The van der Waals surface area contributed by atoms with Crippen molar-refractivity contribution in [1.82, 2.24) is 4.31 Å². The lowest BCUT2D eigenvalue weighted by Gasteiger charge is -2.22. The number of aliphatic hydroxyl groups excluding tert-OH is 1. The summed E-state index contributed by atoms with van der Waals surface area (Å²) in [4.78, 5) is 1.01. The van der Waals surface area contributed by atoms with Crippen LogP contribution in [0.1, 0.15) is 18.7 Å². The third-order valence-electron chi connectivity index (χ3n) is 2.39. The van der Waals surface area contributed by atoms with Gasteiger partial charge < -0.3 is 5.11 Å². The van der Waals surface area contributed by atoms with Gasteiger partial charge in [0.2, 0.25) is 10.0 Å². The van der Waals surface area contributed by atoms with Crippen LogP contribution in [0.2, 0.25) is 0 Å². The Hall–Kier alpha value is -0.430. The smallest absolute Gasteiger partial charge is 0.219 e. The topological polar surface area (TPSA) is 57.6 Å². The summed E-state index contributed by atoms with van der Waals surface area (Å²) < 4.78 is 25.4. The molecule has 1 aromatic rings. The van der Waals surface area contributed by atoms with Gasteiger partial charge >= 0.3 is 0 Å². The molecule has 0 radical (unpaired) electrons. The average Bonchev–Trinajstić information content (AvgIpc) is 2.76. The van der Waals surface area contributed by atoms with Crippen molar-refractivity contribution in [3.8, 4) is 0 Å². The minimum Gasteiger partial charge on any atom is -0.395 e. The molecule has 0 bridgehead atoms. The number of rotatable bonds is 6. The Morgan fingerprint density at radius 3 is 2.69 bits per heavy atom. The van der Waals surface area contributed by atoms with Gasteiger partial charge in [-0.3, -0.25) is 0 Å². The highest BCUT2D eigenvalue weighted by Gasteiger charge is 2.27. The summed E-state index contributed by atoms with van der Waals surface area (Å²) in [6, 6.07) is 3.81. The molecule has 1 N–H and O–H groups in total. The van der Waals surface area contributed by atoms with Gasteiger partial charge in [-0.05, 0) is 18.4 Å². The van der Waals surface area contributed by atoms with Gasteiger partial charge in [-0.1, -0.05) is 13.0 Å². The number of thiophene rings is 1. The number of hydrogen-bond donors (Lipinski definition) is 1. The molecule has 0 aliphatic rings. The van der Waals surface area contributed by atoms with Gasteiger partial charge in [0.15, 0.2) is 0 Å². The Morgan fingerprint density at radius 1 is 1.56 bits per heavy atom. The molecule has 0 saturated carbocycles. The molecule has 1 aromatic heterocycles.